The van der Waals surface area contributed by atoms with Crippen molar-refractivity contribution in [1.82, 2.24) is 10.2 Å². The first-order chi connectivity index (χ1) is 14.0. The Morgan fingerprint density at radius 3 is 2.83 bits per heavy atom. The zero-order valence-electron chi connectivity index (χ0n) is 16.3. The Morgan fingerprint density at radius 1 is 1.28 bits per heavy atom. The van der Waals surface area contributed by atoms with E-state index in [0.29, 0.717) is 36.1 Å². The van der Waals surface area contributed by atoms with Gasteiger partial charge in [0.15, 0.2) is 6.10 Å². The molecule has 1 atom stereocenters. The van der Waals surface area contributed by atoms with Gasteiger partial charge in [0.05, 0.1) is 29.4 Å². The molecule has 8 heteroatoms. The molecule has 2 amide bonds. The summed E-state index contributed by atoms with van der Waals surface area (Å²) < 4.78 is 5.28. The average Bonchev–Trinajstić information content (AvgIpc) is 3.18. The first-order valence-electron chi connectivity index (χ1n) is 9.34. The highest BCUT2D eigenvalue weighted by atomic mass is 35.5. The van der Waals surface area contributed by atoms with E-state index in [1.54, 1.807) is 24.1 Å². The minimum Gasteiger partial charge on any atom is -0.497 e. The van der Waals surface area contributed by atoms with Crippen molar-refractivity contribution in [2.75, 3.05) is 20.2 Å². The Balaban J connectivity index is 1.68. The Morgan fingerprint density at radius 2 is 2.10 bits per heavy atom. The van der Waals surface area contributed by atoms with Crippen LogP contribution in [0, 0.1) is 0 Å². The van der Waals surface area contributed by atoms with Crippen molar-refractivity contribution < 1.29 is 14.4 Å². The Kier molecular flexibility index (Phi) is 7.23. The second kappa shape index (κ2) is 9.85. The van der Waals surface area contributed by atoms with Crippen LogP contribution in [0.3, 0.4) is 0 Å². The average molecular weight is 436 g/mol. The summed E-state index contributed by atoms with van der Waals surface area (Å²) in [5, 5.41) is 8.01. The van der Waals surface area contributed by atoms with Crippen LogP contribution in [0.15, 0.2) is 47.6 Å². The van der Waals surface area contributed by atoms with E-state index < -0.39 is 0 Å². The lowest BCUT2D eigenvalue weighted by molar-refractivity contribution is 0.0590. The molecule has 0 unspecified atom stereocenters. The maximum absolute atomic E-state index is 12.6. The molecule has 1 aliphatic rings. The lowest BCUT2D eigenvalue weighted by Gasteiger charge is -2.25. The molecule has 0 bridgehead atoms. The van der Waals surface area contributed by atoms with E-state index in [9.17, 15) is 4.79 Å². The molecule has 0 aliphatic carbocycles. The van der Waals surface area contributed by atoms with Gasteiger partial charge < -0.3 is 19.8 Å². The molecular weight excluding hydrogens is 413 g/mol. The van der Waals surface area contributed by atoms with Crippen LogP contribution in [0.25, 0.3) is 0 Å². The number of amides is 2. The molecule has 1 N–H and O–H groups in total. The van der Waals surface area contributed by atoms with E-state index in [1.807, 2.05) is 37.3 Å². The summed E-state index contributed by atoms with van der Waals surface area (Å²) in [4.78, 5) is 19.9. The molecule has 3 rings (SSSR count). The summed E-state index contributed by atoms with van der Waals surface area (Å²) in [7, 11) is 1.62. The van der Waals surface area contributed by atoms with Crippen LogP contribution in [-0.4, -0.2) is 42.9 Å². The summed E-state index contributed by atoms with van der Waals surface area (Å²) in [5.41, 5.74) is 2.62. The molecule has 0 spiro atoms. The molecule has 2 aromatic carbocycles. The second-order valence-electron chi connectivity index (χ2n) is 6.67. The van der Waals surface area contributed by atoms with Crippen molar-refractivity contribution in [3.05, 3.63) is 63.6 Å². The van der Waals surface area contributed by atoms with Gasteiger partial charge in [0.1, 0.15) is 5.75 Å². The fourth-order valence-corrected chi connectivity index (χ4v) is 3.39. The predicted molar refractivity (Wildman–Crippen MR) is 115 cm³/mol. The Bertz CT molecular complexity index is 904. The molecule has 1 heterocycles. The number of methoxy groups -OCH3 is 1. The van der Waals surface area contributed by atoms with Crippen molar-refractivity contribution in [2.45, 2.75) is 26.0 Å². The van der Waals surface area contributed by atoms with Gasteiger partial charge in [0.2, 0.25) is 0 Å². The topological polar surface area (TPSA) is 63.2 Å². The Hall–Kier alpha value is -2.44. The van der Waals surface area contributed by atoms with Gasteiger partial charge >= 0.3 is 6.03 Å². The smallest absolute Gasteiger partial charge is 0.317 e. The zero-order chi connectivity index (χ0) is 20.8. The molecule has 154 valence electrons. The molecule has 1 aliphatic heterocycles. The Labute approximate surface area is 180 Å². The van der Waals surface area contributed by atoms with Crippen LogP contribution >= 0.6 is 23.2 Å². The summed E-state index contributed by atoms with van der Waals surface area (Å²) in [6.07, 6.45) is 0.332. The number of hydrogen-bond donors (Lipinski definition) is 1. The van der Waals surface area contributed by atoms with Crippen LogP contribution in [-0.2, 0) is 11.4 Å². The molecule has 0 saturated heterocycles. The van der Waals surface area contributed by atoms with Crippen LogP contribution in [0.2, 0.25) is 10.0 Å². The van der Waals surface area contributed by atoms with Crippen LogP contribution in [0.5, 0.6) is 5.75 Å². The van der Waals surface area contributed by atoms with Crippen molar-refractivity contribution >= 4 is 34.9 Å². The van der Waals surface area contributed by atoms with E-state index >= 15 is 0 Å². The minimum atomic E-state index is -0.243. The zero-order valence-corrected chi connectivity index (χ0v) is 17.8. The van der Waals surface area contributed by atoms with Crippen LogP contribution < -0.4 is 10.1 Å². The van der Waals surface area contributed by atoms with Gasteiger partial charge in [-0.3, -0.25) is 0 Å². The number of oxime groups is 1. The molecule has 29 heavy (non-hydrogen) atoms. The maximum Gasteiger partial charge on any atom is 0.317 e. The SMILES string of the molecule is CCNC(=O)N(Cc1cccc(OC)c1)C[C@@H]1CC(c2ccc(Cl)c(Cl)c2)=NO1. The summed E-state index contributed by atoms with van der Waals surface area (Å²) in [6, 6.07) is 12.9. The number of nitrogens with one attached hydrogen (secondary N) is 1. The van der Waals surface area contributed by atoms with Crippen LogP contribution in [0.1, 0.15) is 24.5 Å². The summed E-state index contributed by atoms with van der Waals surface area (Å²) in [6.45, 7) is 3.27. The molecule has 0 aromatic heterocycles. The predicted octanol–water partition coefficient (Wildman–Crippen LogP) is 4.73. The van der Waals surface area contributed by atoms with E-state index in [2.05, 4.69) is 10.5 Å². The fourth-order valence-electron chi connectivity index (χ4n) is 3.09. The molecule has 6 nitrogen and oxygen atoms in total. The highest BCUT2D eigenvalue weighted by Gasteiger charge is 2.27. The largest absolute Gasteiger partial charge is 0.497 e. The minimum absolute atomic E-state index is 0.151. The number of urea groups is 1. The van der Waals surface area contributed by atoms with Crippen molar-refractivity contribution in [3.8, 4) is 5.75 Å². The third kappa shape index (κ3) is 5.55. The molecule has 0 saturated carbocycles. The van der Waals surface area contributed by atoms with Gasteiger partial charge in [0.25, 0.3) is 0 Å². The maximum atomic E-state index is 12.6. The number of rotatable bonds is 7. The molecule has 0 fully saturated rings. The van der Waals surface area contributed by atoms with Gasteiger partial charge in [0, 0.05) is 25.1 Å². The van der Waals surface area contributed by atoms with Crippen molar-refractivity contribution in [2.24, 2.45) is 5.16 Å². The molecular formula is C21H23Cl2N3O3. The highest BCUT2D eigenvalue weighted by Crippen LogP contribution is 2.26. The van der Waals surface area contributed by atoms with E-state index in [4.69, 9.17) is 32.8 Å². The number of carbonyl (C=O) groups excluding carboxylic acids is 1. The second-order valence-corrected chi connectivity index (χ2v) is 7.48. The standard InChI is InChI=1S/C21H23Cl2N3O3/c1-3-24-21(27)26(12-14-5-4-6-16(9-14)28-2)13-17-11-20(25-29-17)15-7-8-18(22)19(23)10-15/h4-10,17H,3,11-13H2,1-2H3,(H,24,27)/t17-/m0/s1. The van der Waals surface area contributed by atoms with Gasteiger partial charge in [-0.2, -0.15) is 0 Å². The van der Waals surface area contributed by atoms with Crippen molar-refractivity contribution in [3.63, 3.8) is 0 Å². The summed E-state index contributed by atoms with van der Waals surface area (Å²) >= 11 is 12.1. The van der Waals surface area contributed by atoms with Gasteiger partial charge in [-0.25, -0.2) is 4.79 Å². The van der Waals surface area contributed by atoms with Crippen molar-refractivity contribution in [1.29, 1.82) is 0 Å². The normalized spacial score (nSPS) is 15.4. The number of nitrogens with zero attached hydrogens (tertiary/aromatic N) is 2. The number of carbonyl (C=O) groups is 1. The van der Waals surface area contributed by atoms with E-state index in [1.165, 1.54) is 0 Å². The third-order valence-corrected chi connectivity index (χ3v) is 5.27. The highest BCUT2D eigenvalue weighted by molar-refractivity contribution is 6.42. The third-order valence-electron chi connectivity index (χ3n) is 4.53. The first kappa shape index (κ1) is 21.3. The lowest BCUT2D eigenvalue weighted by Crippen LogP contribution is -2.43. The summed E-state index contributed by atoms with van der Waals surface area (Å²) in [5.74, 6) is 0.751. The van der Waals surface area contributed by atoms with Gasteiger partial charge in [-0.15, -0.1) is 0 Å². The molecule has 2 aromatic rings. The van der Waals surface area contributed by atoms with E-state index in [-0.39, 0.29) is 12.1 Å². The lowest BCUT2D eigenvalue weighted by atomic mass is 10.0. The monoisotopic (exact) mass is 435 g/mol. The van der Waals surface area contributed by atoms with Crippen LogP contribution in [0.4, 0.5) is 4.79 Å². The molecule has 0 radical (unpaired) electrons. The number of ether oxygens (including phenoxy) is 1. The first-order valence-corrected chi connectivity index (χ1v) is 10.1. The quantitative estimate of drug-likeness (QED) is 0.683. The number of hydrogen-bond acceptors (Lipinski definition) is 4. The van der Waals surface area contributed by atoms with Gasteiger partial charge in [-0.1, -0.05) is 46.6 Å². The fraction of sp³-hybridized carbons (Fsp3) is 0.333. The van der Waals surface area contributed by atoms with E-state index in [0.717, 1.165) is 22.6 Å². The van der Waals surface area contributed by atoms with Gasteiger partial charge in [-0.05, 0) is 36.8 Å². The number of halogens is 2. The number of benzene rings is 2.